The average molecular weight is 324 g/mol. The van der Waals surface area contributed by atoms with Gasteiger partial charge in [0.05, 0.1) is 17.1 Å². The summed E-state index contributed by atoms with van der Waals surface area (Å²) < 4.78 is 59.7. The van der Waals surface area contributed by atoms with E-state index in [9.17, 15) is 31.0 Å². The molecule has 1 N–H and O–H groups in total. The Labute approximate surface area is 116 Å². The number of ether oxygens (including phenoxy) is 1. The Morgan fingerprint density at radius 1 is 1.05 bits per heavy atom. The van der Waals surface area contributed by atoms with Crippen molar-refractivity contribution in [1.29, 1.82) is 0 Å². The second kappa shape index (κ2) is 4.25. The number of carbonyl (C=O) groups excluding carboxylic acids is 2. The highest BCUT2D eigenvalue weighted by Gasteiger charge is 2.66. The smallest absolute Gasteiger partial charge is 0.317 e. The number of hydrogen-bond donors (Lipinski definition) is 2. The third-order valence-electron chi connectivity index (χ3n) is 4.67. The summed E-state index contributed by atoms with van der Waals surface area (Å²) in [5, 5.41) is -2.90. The summed E-state index contributed by atoms with van der Waals surface area (Å²) in [6, 6.07) is 0. The van der Waals surface area contributed by atoms with Crippen LogP contribution in [-0.2, 0) is 35.1 Å². The molecule has 4 fully saturated rings. The van der Waals surface area contributed by atoms with E-state index in [1.807, 2.05) is 0 Å². The van der Waals surface area contributed by atoms with Gasteiger partial charge in [0.15, 0.2) is 0 Å². The molecule has 0 spiro atoms. The number of hydrogen-bond acceptors (Lipinski definition) is 7. The van der Waals surface area contributed by atoms with Crippen molar-refractivity contribution in [3.8, 4) is 0 Å². The lowest BCUT2D eigenvalue weighted by atomic mass is 9.59. The molecule has 2 bridgehead atoms. The Bertz CT molecular complexity index is 655. The number of carbonyl (C=O) groups is 2. The zero-order valence-electron chi connectivity index (χ0n) is 10.0. The minimum absolute atomic E-state index is 0.276. The molecule has 0 aromatic heterocycles. The van der Waals surface area contributed by atoms with Crippen LogP contribution in [0.1, 0.15) is 12.8 Å². The Hall–Kier alpha value is -1.00. The van der Waals surface area contributed by atoms with E-state index in [4.69, 9.17) is 0 Å². The molecule has 6 atom stereocenters. The average Bonchev–Trinajstić information content (AvgIpc) is 2.65. The Balaban J connectivity index is 2.15. The fraction of sp³-hybridized carbons (Fsp3) is 0.800. The summed E-state index contributed by atoms with van der Waals surface area (Å²) in [4.78, 5) is 23.4. The van der Waals surface area contributed by atoms with E-state index in [0.29, 0.717) is 6.42 Å². The topological polar surface area (TPSA) is 132 Å². The molecule has 10 heteroatoms. The molecule has 0 amide bonds. The molecule has 8 nitrogen and oxygen atoms in total. The second-order valence-electron chi connectivity index (χ2n) is 5.45. The summed E-state index contributed by atoms with van der Waals surface area (Å²) in [6.07, 6.45) is 0.604. The zero-order valence-corrected chi connectivity index (χ0v) is 11.7. The Morgan fingerprint density at radius 2 is 1.55 bits per heavy atom. The van der Waals surface area contributed by atoms with Gasteiger partial charge in [-0.05, 0) is 24.7 Å². The SMILES string of the molecule is O=C1OC(=O)C2C3CCC(C12)C([SH](=O)=O)C3S(=O)(=O)O. The summed E-state index contributed by atoms with van der Waals surface area (Å²) in [7, 11) is -7.79. The first-order valence-electron chi connectivity index (χ1n) is 6.09. The first kappa shape index (κ1) is 14.0. The molecule has 0 radical (unpaired) electrons. The standard InChI is InChI=1S/C10H12O8S2/c11-9-5-3-1-2-4(6(5)10(12)18-9)8(20(15,16)17)7(3)19(13)14/h3-8,19H,1-2H2,(H,15,16,17). The maximum Gasteiger partial charge on any atom is 0.317 e. The molecule has 4 rings (SSSR count). The fourth-order valence-corrected chi connectivity index (χ4v) is 7.25. The number of thiol groups is 1. The second-order valence-corrected chi connectivity index (χ2v) is 8.19. The minimum Gasteiger partial charge on any atom is -0.393 e. The number of esters is 2. The number of rotatable bonds is 2. The monoisotopic (exact) mass is 324 g/mol. The molecule has 112 valence electrons. The lowest BCUT2D eigenvalue weighted by molar-refractivity contribution is -0.154. The number of fused-ring (bicyclic) bond motifs is 2. The Morgan fingerprint density at radius 3 is 2.05 bits per heavy atom. The molecule has 4 aliphatic rings. The van der Waals surface area contributed by atoms with Gasteiger partial charge < -0.3 is 4.74 Å². The summed E-state index contributed by atoms with van der Waals surface area (Å²) >= 11 is 0. The molecule has 3 aliphatic carbocycles. The van der Waals surface area contributed by atoms with Gasteiger partial charge in [-0.1, -0.05) is 0 Å². The first-order valence-corrected chi connectivity index (χ1v) is 8.84. The molecule has 1 aliphatic heterocycles. The van der Waals surface area contributed by atoms with Crippen molar-refractivity contribution in [1.82, 2.24) is 0 Å². The molecule has 6 unspecified atom stereocenters. The molecule has 1 saturated heterocycles. The summed E-state index contributed by atoms with van der Waals surface area (Å²) in [5.41, 5.74) is 0. The van der Waals surface area contributed by atoms with Gasteiger partial charge in [-0.25, -0.2) is 8.42 Å². The van der Waals surface area contributed by atoms with Crippen LogP contribution in [-0.4, -0.2) is 43.8 Å². The van der Waals surface area contributed by atoms with Crippen LogP contribution in [0.4, 0.5) is 0 Å². The van der Waals surface area contributed by atoms with Crippen LogP contribution in [0.25, 0.3) is 0 Å². The van der Waals surface area contributed by atoms with Gasteiger partial charge in [0.2, 0.25) is 0 Å². The molecular formula is C10H12O8S2. The quantitative estimate of drug-likeness (QED) is 0.274. The predicted molar refractivity (Wildman–Crippen MR) is 63.7 cm³/mol. The predicted octanol–water partition coefficient (Wildman–Crippen LogP) is -1.42. The van der Waals surface area contributed by atoms with Gasteiger partial charge in [0.25, 0.3) is 10.1 Å². The van der Waals surface area contributed by atoms with E-state index in [1.54, 1.807) is 0 Å². The normalized spacial score (nSPS) is 43.7. The van der Waals surface area contributed by atoms with Gasteiger partial charge in [-0.2, -0.15) is 8.42 Å². The van der Waals surface area contributed by atoms with E-state index in [0.717, 1.165) is 0 Å². The lowest BCUT2D eigenvalue weighted by Gasteiger charge is -2.48. The first-order chi connectivity index (χ1) is 9.23. The third-order valence-corrected chi connectivity index (χ3v) is 7.40. The lowest BCUT2D eigenvalue weighted by Crippen LogP contribution is -2.60. The van der Waals surface area contributed by atoms with Crippen molar-refractivity contribution in [2.45, 2.75) is 23.3 Å². The molecule has 20 heavy (non-hydrogen) atoms. The van der Waals surface area contributed by atoms with Crippen molar-refractivity contribution in [2.24, 2.45) is 23.7 Å². The van der Waals surface area contributed by atoms with Crippen LogP contribution in [0, 0.1) is 23.7 Å². The van der Waals surface area contributed by atoms with E-state index in [-0.39, 0.29) is 6.42 Å². The van der Waals surface area contributed by atoms with Gasteiger partial charge in [-0.3, -0.25) is 14.1 Å². The summed E-state index contributed by atoms with van der Waals surface area (Å²) in [6.45, 7) is 0. The van der Waals surface area contributed by atoms with Crippen molar-refractivity contribution >= 4 is 32.8 Å². The maximum atomic E-state index is 11.7. The van der Waals surface area contributed by atoms with E-state index < -0.39 is 66.9 Å². The van der Waals surface area contributed by atoms with E-state index in [2.05, 4.69) is 4.74 Å². The molecule has 1 heterocycles. The number of cyclic esters (lactones) is 2. The molecule has 0 aromatic carbocycles. The van der Waals surface area contributed by atoms with Crippen LogP contribution >= 0.6 is 0 Å². The highest BCUT2D eigenvalue weighted by atomic mass is 32.2. The molecule has 3 saturated carbocycles. The van der Waals surface area contributed by atoms with Crippen LogP contribution in [0.15, 0.2) is 0 Å². The maximum absolute atomic E-state index is 11.7. The fourth-order valence-electron chi connectivity index (χ4n) is 4.08. The highest BCUT2D eigenvalue weighted by molar-refractivity contribution is 7.87. The van der Waals surface area contributed by atoms with Crippen LogP contribution in [0.3, 0.4) is 0 Å². The third kappa shape index (κ3) is 1.74. The van der Waals surface area contributed by atoms with Crippen molar-refractivity contribution in [2.75, 3.05) is 0 Å². The minimum atomic E-state index is -4.63. The van der Waals surface area contributed by atoms with E-state index in [1.165, 1.54) is 0 Å². The van der Waals surface area contributed by atoms with Crippen molar-refractivity contribution in [3.63, 3.8) is 0 Å². The van der Waals surface area contributed by atoms with Crippen molar-refractivity contribution < 1.29 is 35.7 Å². The Kier molecular flexibility index (Phi) is 2.96. The highest BCUT2D eigenvalue weighted by Crippen LogP contribution is 2.54. The van der Waals surface area contributed by atoms with Gasteiger partial charge in [-0.15, -0.1) is 0 Å². The van der Waals surface area contributed by atoms with Crippen LogP contribution < -0.4 is 0 Å². The largest absolute Gasteiger partial charge is 0.393 e. The van der Waals surface area contributed by atoms with Gasteiger partial charge >= 0.3 is 11.9 Å². The summed E-state index contributed by atoms with van der Waals surface area (Å²) in [5.74, 6) is -5.15. The van der Waals surface area contributed by atoms with Crippen LogP contribution in [0.5, 0.6) is 0 Å². The zero-order chi connectivity index (χ0) is 14.8. The molecular weight excluding hydrogens is 312 g/mol. The van der Waals surface area contributed by atoms with Gasteiger partial charge in [0, 0.05) is 0 Å². The van der Waals surface area contributed by atoms with Crippen LogP contribution in [0.2, 0.25) is 0 Å². The van der Waals surface area contributed by atoms with E-state index >= 15 is 0 Å². The van der Waals surface area contributed by atoms with Crippen molar-refractivity contribution in [3.05, 3.63) is 0 Å². The molecule has 0 aromatic rings. The van der Waals surface area contributed by atoms with Gasteiger partial charge in [0.1, 0.15) is 16.0 Å².